The third-order valence-electron chi connectivity index (χ3n) is 1.95. The molecule has 0 saturated carbocycles. The molecule has 2 rings (SSSR count). The van der Waals surface area contributed by atoms with Gasteiger partial charge in [-0.25, -0.2) is 0 Å². The van der Waals surface area contributed by atoms with Crippen LogP contribution in [0.5, 0.6) is 0 Å². The lowest BCUT2D eigenvalue weighted by Crippen LogP contribution is -2.44. The van der Waals surface area contributed by atoms with Crippen LogP contribution in [0.25, 0.3) is 5.23 Å². The predicted octanol–water partition coefficient (Wildman–Crippen LogP) is 1.26. The summed E-state index contributed by atoms with van der Waals surface area (Å²) in [6, 6.07) is 0. The van der Waals surface area contributed by atoms with Crippen molar-refractivity contribution in [2.45, 2.75) is 0 Å². The molecule has 0 aromatic rings. The summed E-state index contributed by atoms with van der Waals surface area (Å²) in [4.78, 5) is 0. The van der Waals surface area contributed by atoms with Crippen LogP contribution in [0.1, 0.15) is 0 Å². The Balaban J connectivity index is 2.01. The van der Waals surface area contributed by atoms with Gasteiger partial charge < -0.3 is 10.5 Å². The maximum Gasteiger partial charge on any atom is 0.221 e. The highest BCUT2D eigenvalue weighted by molar-refractivity contribution is 7.28. The lowest BCUT2D eigenvalue weighted by Gasteiger charge is -2.31. The number of nitrogens with zero attached hydrogens (tertiary/aromatic N) is 1. The second-order valence-electron chi connectivity index (χ2n) is 2.80. The van der Waals surface area contributed by atoms with Crippen molar-refractivity contribution in [1.29, 1.82) is 0 Å². The fraction of sp³-hybridized carbons (Fsp3) is 0. The number of hydrogen-bond donors (Lipinski definition) is 1. The molecule has 2 aliphatic heterocycles. The molecule has 2 aliphatic rings. The van der Waals surface area contributed by atoms with E-state index >= 15 is 0 Å². The van der Waals surface area contributed by atoms with Crippen molar-refractivity contribution in [2.75, 3.05) is 0 Å². The summed E-state index contributed by atoms with van der Waals surface area (Å²) < 4.78 is 0. The molecule has 0 amide bonds. The van der Waals surface area contributed by atoms with E-state index in [1.165, 1.54) is 0 Å². The topological polar surface area (TPSA) is 26.1 Å². The standard InChI is InChI=1S/C8H9B2N2/c1-3-7-11-9(5-1)10-6-2-4-8-12-10/h1-8,11H/q-1. The summed E-state index contributed by atoms with van der Waals surface area (Å²) >= 11 is 0. The van der Waals surface area contributed by atoms with Crippen LogP contribution in [0.15, 0.2) is 48.7 Å². The van der Waals surface area contributed by atoms with Gasteiger partial charge in [-0.15, -0.1) is 12.0 Å². The molecule has 12 heavy (non-hydrogen) atoms. The highest BCUT2D eigenvalue weighted by atomic mass is 14.8. The quantitative estimate of drug-likeness (QED) is 0.566. The molecule has 0 saturated heterocycles. The van der Waals surface area contributed by atoms with Crippen LogP contribution >= 0.6 is 0 Å². The molecule has 0 radical (unpaired) electrons. The molecule has 0 bridgehead atoms. The Morgan fingerprint density at radius 1 is 1.00 bits per heavy atom. The van der Waals surface area contributed by atoms with Crippen LogP contribution in [-0.2, 0) is 0 Å². The Morgan fingerprint density at radius 2 is 1.92 bits per heavy atom. The van der Waals surface area contributed by atoms with Gasteiger partial charge >= 0.3 is 0 Å². The first kappa shape index (κ1) is 7.34. The highest BCUT2D eigenvalue weighted by Crippen LogP contribution is 2.08. The molecule has 2 nitrogen and oxygen atoms in total. The zero-order valence-electron chi connectivity index (χ0n) is 6.72. The molecule has 0 atom stereocenters. The third-order valence-corrected chi connectivity index (χ3v) is 1.95. The van der Waals surface area contributed by atoms with Gasteiger partial charge in [-0.3, -0.25) is 0 Å². The van der Waals surface area contributed by atoms with E-state index in [0.717, 1.165) is 0 Å². The lowest BCUT2D eigenvalue weighted by molar-refractivity contribution is 1.34. The van der Waals surface area contributed by atoms with Crippen molar-refractivity contribution in [3.8, 4) is 0 Å². The first-order chi connectivity index (χ1) is 5.97. The summed E-state index contributed by atoms with van der Waals surface area (Å²) in [6.07, 6.45) is 11.8. The summed E-state index contributed by atoms with van der Waals surface area (Å²) in [5.74, 6) is 4.22. The smallest absolute Gasteiger partial charge is 0.221 e. The van der Waals surface area contributed by atoms with E-state index in [9.17, 15) is 0 Å². The summed E-state index contributed by atoms with van der Waals surface area (Å²) in [5, 5.41) is 7.58. The van der Waals surface area contributed by atoms with Crippen LogP contribution in [0.2, 0.25) is 0 Å². The SMILES string of the molecule is C1=C[N-]B(B2C=CC=CN2)C=C1. The Kier molecular flexibility index (Phi) is 2.08. The molecule has 0 aliphatic carbocycles. The van der Waals surface area contributed by atoms with Gasteiger partial charge in [0.05, 0.1) is 6.74 Å². The maximum absolute atomic E-state index is 4.34. The van der Waals surface area contributed by atoms with E-state index in [1.54, 1.807) is 0 Å². The first-order valence-corrected chi connectivity index (χ1v) is 4.09. The van der Waals surface area contributed by atoms with Gasteiger partial charge in [-0.2, -0.15) is 6.20 Å². The average Bonchev–Trinajstić information content (AvgIpc) is 2.21. The van der Waals surface area contributed by atoms with Gasteiger partial charge in [0.1, 0.15) is 0 Å². The van der Waals surface area contributed by atoms with Gasteiger partial charge in [0.2, 0.25) is 6.74 Å². The van der Waals surface area contributed by atoms with E-state index in [-0.39, 0.29) is 6.74 Å². The maximum atomic E-state index is 4.34. The molecule has 0 aromatic carbocycles. The molecule has 58 valence electrons. The average molecular weight is 155 g/mol. The molecular formula is C8H9B2N2-. The van der Waals surface area contributed by atoms with Gasteiger partial charge in [0.25, 0.3) is 0 Å². The minimum atomic E-state index is 0.246. The third kappa shape index (κ3) is 1.47. The Hall–Kier alpha value is -1.31. The molecule has 0 aromatic heterocycles. The highest BCUT2D eigenvalue weighted by Gasteiger charge is 2.15. The van der Waals surface area contributed by atoms with Gasteiger partial charge in [0, 0.05) is 0 Å². The van der Waals surface area contributed by atoms with E-state index in [0.29, 0.717) is 6.74 Å². The first-order valence-electron chi connectivity index (χ1n) is 4.09. The van der Waals surface area contributed by atoms with Crippen LogP contribution < -0.4 is 5.23 Å². The van der Waals surface area contributed by atoms with Crippen molar-refractivity contribution in [2.24, 2.45) is 0 Å². The second-order valence-corrected chi connectivity index (χ2v) is 2.80. The van der Waals surface area contributed by atoms with Gasteiger partial charge in [-0.1, -0.05) is 18.2 Å². The zero-order chi connectivity index (χ0) is 8.23. The number of allylic oxidation sites excluding steroid dienone is 4. The van der Waals surface area contributed by atoms with Crippen LogP contribution in [0, 0.1) is 0 Å². The van der Waals surface area contributed by atoms with Crippen LogP contribution in [0.4, 0.5) is 0 Å². The van der Waals surface area contributed by atoms with Crippen molar-refractivity contribution in [1.82, 2.24) is 5.23 Å². The normalized spacial score (nSPS) is 19.3. The molecule has 4 heteroatoms. The van der Waals surface area contributed by atoms with Crippen molar-refractivity contribution >= 4 is 13.5 Å². The van der Waals surface area contributed by atoms with Crippen LogP contribution in [-0.4, -0.2) is 13.5 Å². The van der Waals surface area contributed by atoms with E-state index in [1.807, 2.05) is 36.7 Å². The molecule has 0 fully saturated rings. The zero-order valence-corrected chi connectivity index (χ0v) is 6.72. The van der Waals surface area contributed by atoms with E-state index in [4.69, 9.17) is 0 Å². The molecule has 2 heterocycles. The molecule has 0 spiro atoms. The van der Waals surface area contributed by atoms with E-state index in [2.05, 4.69) is 22.4 Å². The van der Waals surface area contributed by atoms with Crippen LogP contribution in [0.3, 0.4) is 0 Å². The lowest BCUT2D eigenvalue weighted by atomic mass is 9.20. The minimum absolute atomic E-state index is 0.246. The largest absolute Gasteiger partial charge is 0.713 e. The van der Waals surface area contributed by atoms with Crippen molar-refractivity contribution in [3.05, 3.63) is 53.9 Å². The fourth-order valence-electron chi connectivity index (χ4n) is 1.31. The van der Waals surface area contributed by atoms with E-state index < -0.39 is 0 Å². The molecular weight excluding hydrogens is 146 g/mol. The summed E-state index contributed by atoms with van der Waals surface area (Å²) in [6.45, 7) is 0.562. The van der Waals surface area contributed by atoms with Crippen molar-refractivity contribution in [3.63, 3.8) is 0 Å². The molecule has 0 unspecified atom stereocenters. The van der Waals surface area contributed by atoms with Gasteiger partial charge in [-0.05, 0) is 12.3 Å². The second kappa shape index (κ2) is 3.39. The monoisotopic (exact) mass is 155 g/mol. The Labute approximate surface area is 73.3 Å². The van der Waals surface area contributed by atoms with Gasteiger partial charge in [0.15, 0.2) is 0 Å². The number of rotatable bonds is 1. The minimum Gasteiger partial charge on any atom is -0.713 e. The Bertz CT molecular complexity index is 240. The number of hydrogen-bond acceptors (Lipinski definition) is 1. The summed E-state index contributed by atoms with van der Waals surface area (Å²) in [5.41, 5.74) is 0. The fourth-order valence-corrected chi connectivity index (χ4v) is 1.31. The summed E-state index contributed by atoms with van der Waals surface area (Å²) in [7, 11) is 0. The Morgan fingerprint density at radius 3 is 2.58 bits per heavy atom. The predicted molar refractivity (Wildman–Crippen MR) is 54.6 cm³/mol. The number of nitrogens with one attached hydrogen (secondary N) is 1. The molecule has 1 N–H and O–H groups in total. The van der Waals surface area contributed by atoms with Crippen molar-refractivity contribution < 1.29 is 0 Å².